The van der Waals surface area contributed by atoms with Crippen LogP contribution in [0.5, 0.6) is 5.75 Å². The van der Waals surface area contributed by atoms with Crippen molar-refractivity contribution in [2.45, 2.75) is 13.0 Å². The first-order chi connectivity index (χ1) is 12.0. The number of nitrogens with zero attached hydrogens (tertiary/aromatic N) is 2. The van der Waals surface area contributed by atoms with Crippen LogP contribution in [0.4, 0.5) is 22.2 Å². The van der Waals surface area contributed by atoms with Crippen LogP contribution in [0.1, 0.15) is 5.69 Å². The maximum absolute atomic E-state index is 12.0. The molecule has 9 heteroatoms. The second-order valence-corrected chi connectivity index (χ2v) is 5.24. The number of hydrogen-bond acceptors (Lipinski definition) is 7. The van der Waals surface area contributed by atoms with Gasteiger partial charge in [0.15, 0.2) is 0 Å². The van der Waals surface area contributed by atoms with Crippen molar-refractivity contribution in [1.82, 2.24) is 9.97 Å². The van der Waals surface area contributed by atoms with Gasteiger partial charge in [0.25, 0.3) is 0 Å². The Hall–Kier alpha value is -2.91. The molecule has 0 aliphatic rings. The molecule has 1 atom stereocenters. The van der Waals surface area contributed by atoms with Crippen molar-refractivity contribution in [1.29, 1.82) is 0 Å². The minimum absolute atomic E-state index is 0.118. The van der Waals surface area contributed by atoms with Gasteiger partial charge in [0, 0.05) is 24.0 Å². The molecule has 0 saturated heterocycles. The Kier molecular flexibility index (Phi) is 6.49. The number of aromatic nitrogens is 2. The number of rotatable bonds is 7. The summed E-state index contributed by atoms with van der Waals surface area (Å²) in [7, 11) is 1.56. The highest BCUT2D eigenvalue weighted by atomic mass is 16.5. The normalized spacial score (nSPS) is 11.5. The number of aliphatic hydroxyl groups is 2. The molecule has 9 nitrogen and oxygen atoms in total. The molecule has 2 rings (SSSR count). The van der Waals surface area contributed by atoms with E-state index in [9.17, 15) is 9.90 Å². The fourth-order valence-corrected chi connectivity index (χ4v) is 1.94. The van der Waals surface area contributed by atoms with Gasteiger partial charge in [-0.1, -0.05) is 0 Å². The first-order valence-corrected chi connectivity index (χ1v) is 7.60. The number of ether oxygens (including phenoxy) is 1. The van der Waals surface area contributed by atoms with Crippen molar-refractivity contribution in [3.8, 4) is 5.75 Å². The summed E-state index contributed by atoms with van der Waals surface area (Å²) in [5, 5.41) is 26.3. The highest BCUT2D eigenvalue weighted by molar-refractivity contribution is 5.98. The first-order valence-electron chi connectivity index (χ1n) is 7.60. The van der Waals surface area contributed by atoms with E-state index in [2.05, 4.69) is 25.9 Å². The predicted molar refractivity (Wildman–Crippen MR) is 94.0 cm³/mol. The quantitative estimate of drug-likeness (QED) is 0.509. The van der Waals surface area contributed by atoms with Crippen LogP contribution in [-0.2, 0) is 0 Å². The molecule has 1 heterocycles. The number of hydrogen-bond donors (Lipinski definition) is 5. The average Bonchev–Trinajstić information content (AvgIpc) is 2.59. The van der Waals surface area contributed by atoms with Crippen LogP contribution in [0.15, 0.2) is 30.3 Å². The molecule has 0 bridgehead atoms. The van der Waals surface area contributed by atoms with E-state index >= 15 is 0 Å². The molecule has 2 aromatic rings. The van der Waals surface area contributed by atoms with E-state index in [1.54, 1.807) is 44.4 Å². The van der Waals surface area contributed by atoms with E-state index in [0.717, 1.165) is 0 Å². The molecule has 134 valence electrons. The van der Waals surface area contributed by atoms with E-state index in [-0.39, 0.29) is 19.1 Å². The summed E-state index contributed by atoms with van der Waals surface area (Å²) in [4.78, 5) is 20.3. The first kappa shape index (κ1) is 18.4. The minimum atomic E-state index is -0.898. The van der Waals surface area contributed by atoms with Gasteiger partial charge in [-0.3, -0.25) is 5.32 Å². The van der Waals surface area contributed by atoms with E-state index in [0.29, 0.717) is 22.9 Å². The third kappa shape index (κ3) is 5.90. The third-order valence-electron chi connectivity index (χ3n) is 3.16. The molecule has 1 aromatic heterocycles. The lowest BCUT2D eigenvalue weighted by atomic mass is 10.3. The third-order valence-corrected chi connectivity index (χ3v) is 3.16. The van der Waals surface area contributed by atoms with Gasteiger partial charge in [0.2, 0.25) is 5.95 Å². The Morgan fingerprint density at radius 2 is 1.96 bits per heavy atom. The van der Waals surface area contributed by atoms with Gasteiger partial charge in [0.05, 0.1) is 19.8 Å². The zero-order valence-corrected chi connectivity index (χ0v) is 14.0. The topological polar surface area (TPSA) is 129 Å². The molecular formula is C16H21N5O4. The fourth-order valence-electron chi connectivity index (χ4n) is 1.94. The Bertz CT molecular complexity index is 708. The minimum Gasteiger partial charge on any atom is -0.497 e. The summed E-state index contributed by atoms with van der Waals surface area (Å²) in [6, 6.07) is 8.05. The van der Waals surface area contributed by atoms with Crippen LogP contribution in [0, 0.1) is 6.92 Å². The lowest BCUT2D eigenvalue weighted by Crippen LogP contribution is -2.24. The van der Waals surface area contributed by atoms with Gasteiger partial charge in [-0.05, 0) is 31.2 Å². The number of urea groups is 1. The molecule has 1 unspecified atom stereocenters. The molecule has 5 N–H and O–H groups in total. The summed E-state index contributed by atoms with van der Waals surface area (Å²) in [6.45, 7) is 1.53. The van der Waals surface area contributed by atoms with Crippen LogP contribution in [0.2, 0.25) is 0 Å². The van der Waals surface area contributed by atoms with Gasteiger partial charge in [-0.2, -0.15) is 4.98 Å². The Morgan fingerprint density at radius 3 is 2.60 bits per heavy atom. The number of nitrogens with one attached hydrogen (secondary N) is 3. The zero-order chi connectivity index (χ0) is 18.2. The number of anilines is 3. The SMILES string of the molecule is COc1ccc(NC(=O)Nc2nc(C)cc(NCC(O)CO)n2)cc1. The van der Waals surface area contributed by atoms with Crippen LogP contribution in [-0.4, -0.2) is 52.6 Å². The summed E-state index contributed by atoms with van der Waals surface area (Å²) < 4.78 is 5.06. The van der Waals surface area contributed by atoms with Crippen molar-refractivity contribution >= 4 is 23.5 Å². The number of carbonyl (C=O) groups is 1. The second-order valence-electron chi connectivity index (χ2n) is 5.24. The number of aryl methyl sites for hydroxylation is 1. The molecule has 0 fully saturated rings. The average molecular weight is 347 g/mol. The number of amides is 2. The molecule has 0 aliphatic carbocycles. The number of carbonyl (C=O) groups excluding carboxylic acids is 1. The maximum Gasteiger partial charge on any atom is 0.326 e. The van der Waals surface area contributed by atoms with Crippen LogP contribution in [0.25, 0.3) is 0 Å². The Labute approximate surface area is 145 Å². The monoisotopic (exact) mass is 347 g/mol. The van der Waals surface area contributed by atoms with Crippen molar-refractivity contribution in [2.75, 3.05) is 36.2 Å². The fraction of sp³-hybridized carbons (Fsp3) is 0.312. The van der Waals surface area contributed by atoms with Gasteiger partial charge < -0.3 is 25.6 Å². The van der Waals surface area contributed by atoms with E-state index in [1.165, 1.54) is 0 Å². The van der Waals surface area contributed by atoms with E-state index < -0.39 is 12.1 Å². The summed E-state index contributed by atoms with van der Waals surface area (Å²) >= 11 is 0. The van der Waals surface area contributed by atoms with Crippen LogP contribution in [0.3, 0.4) is 0 Å². The predicted octanol–water partition coefficient (Wildman–Crippen LogP) is 1.20. The summed E-state index contributed by atoms with van der Waals surface area (Å²) in [5.74, 6) is 1.24. The van der Waals surface area contributed by atoms with Gasteiger partial charge in [-0.15, -0.1) is 0 Å². The van der Waals surface area contributed by atoms with Crippen molar-refractivity contribution in [3.63, 3.8) is 0 Å². The molecule has 0 spiro atoms. The number of aliphatic hydroxyl groups excluding tert-OH is 2. The largest absolute Gasteiger partial charge is 0.497 e. The molecule has 25 heavy (non-hydrogen) atoms. The van der Waals surface area contributed by atoms with Crippen molar-refractivity contribution < 1.29 is 19.7 Å². The van der Waals surface area contributed by atoms with Gasteiger partial charge in [-0.25, -0.2) is 9.78 Å². The Balaban J connectivity index is 1.98. The maximum atomic E-state index is 12.0. The molecule has 0 radical (unpaired) electrons. The van der Waals surface area contributed by atoms with Crippen molar-refractivity contribution in [3.05, 3.63) is 36.0 Å². The molecule has 0 aliphatic heterocycles. The van der Waals surface area contributed by atoms with Gasteiger partial charge in [0.1, 0.15) is 11.6 Å². The zero-order valence-electron chi connectivity index (χ0n) is 14.0. The van der Waals surface area contributed by atoms with Crippen molar-refractivity contribution in [2.24, 2.45) is 0 Å². The number of methoxy groups -OCH3 is 1. The summed E-state index contributed by atoms with van der Waals surface area (Å²) in [5.41, 5.74) is 1.23. The smallest absolute Gasteiger partial charge is 0.326 e. The van der Waals surface area contributed by atoms with Crippen LogP contribution >= 0.6 is 0 Å². The summed E-state index contributed by atoms with van der Waals surface area (Å²) in [6.07, 6.45) is -0.898. The highest BCUT2D eigenvalue weighted by Gasteiger charge is 2.08. The molecule has 2 amide bonds. The van der Waals surface area contributed by atoms with E-state index in [4.69, 9.17) is 9.84 Å². The molecule has 0 saturated carbocycles. The Morgan fingerprint density at radius 1 is 1.24 bits per heavy atom. The standard InChI is InChI=1S/C16H21N5O4/c1-10-7-14(17-8-12(23)9-22)20-15(18-10)21-16(24)19-11-3-5-13(25-2)6-4-11/h3-7,12,22-23H,8-9H2,1-2H3,(H3,17,18,19,20,21,24). The number of benzene rings is 1. The second kappa shape index (κ2) is 8.81. The van der Waals surface area contributed by atoms with Gasteiger partial charge >= 0.3 is 6.03 Å². The lowest BCUT2D eigenvalue weighted by molar-refractivity contribution is 0.105. The highest BCUT2D eigenvalue weighted by Crippen LogP contribution is 2.15. The molecular weight excluding hydrogens is 326 g/mol. The molecule has 1 aromatic carbocycles. The van der Waals surface area contributed by atoms with E-state index in [1.807, 2.05) is 0 Å². The lowest BCUT2D eigenvalue weighted by Gasteiger charge is -2.12. The van der Waals surface area contributed by atoms with Crippen LogP contribution < -0.4 is 20.7 Å².